The van der Waals surface area contributed by atoms with Gasteiger partial charge in [0, 0.05) is 11.4 Å². The van der Waals surface area contributed by atoms with Gasteiger partial charge in [-0.25, -0.2) is 4.39 Å². The first-order valence-corrected chi connectivity index (χ1v) is 6.40. The quantitative estimate of drug-likeness (QED) is 0.812. The predicted octanol–water partition coefficient (Wildman–Crippen LogP) is 3.73. The number of nitrogens with one attached hydrogen (secondary N) is 1. The van der Waals surface area contributed by atoms with Crippen LogP contribution in [0.25, 0.3) is 17.0 Å². The number of benzene rings is 1. The highest BCUT2D eigenvalue weighted by Crippen LogP contribution is 2.21. The summed E-state index contributed by atoms with van der Waals surface area (Å²) in [6.45, 7) is 1.01. The number of rotatable bonds is 5. The number of hydrogen-bond donors (Lipinski definition) is 1. The lowest BCUT2D eigenvalue weighted by Crippen LogP contribution is -2.16. The molecule has 1 aliphatic carbocycles. The third kappa shape index (κ3) is 2.79. The van der Waals surface area contributed by atoms with Crippen molar-refractivity contribution in [2.45, 2.75) is 25.3 Å². The molecule has 94 valence electrons. The van der Waals surface area contributed by atoms with E-state index in [0.29, 0.717) is 0 Å². The SMILES string of the molecule is Fc1ccc2oc(/C=C/CCNC3CC3)cc2c1. The monoisotopic (exact) mass is 245 g/mol. The Bertz CT molecular complexity index is 569. The summed E-state index contributed by atoms with van der Waals surface area (Å²) in [5, 5.41) is 4.26. The van der Waals surface area contributed by atoms with Crippen LogP contribution in [0.1, 0.15) is 25.0 Å². The summed E-state index contributed by atoms with van der Waals surface area (Å²) < 4.78 is 18.6. The van der Waals surface area contributed by atoms with Gasteiger partial charge >= 0.3 is 0 Å². The van der Waals surface area contributed by atoms with E-state index in [2.05, 4.69) is 11.4 Å². The lowest BCUT2D eigenvalue weighted by atomic mass is 10.2. The van der Waals surface area contributed by atoms with Gasteiger partial charge in [0.25, 0.3) is 0 Å². The minimum Gasteiger partial charge on any atom is -0.457 e. The summed E-state index contributed by atoms with van der Waals surface area (Å²) >= 11 is 0. The average Bonchev–Trinajstić information content (AvgIpc) is 3.08. The highest BCUT2D eigenvalue weighted by atomic mass is 19.1. The summed E-state index contributed by atoms with van der Waals surface area (Å²) in [6.07, 6.45) is 7.66. The van der Waals surface area contributed by atoms with E-state index in [-0.39, 0.29) is 5.82 Å². The van der Waals surface area contributed by atoms with Crippen LogP contribution in [0.5, 0.6) is 0 Å². The van der Waals surface area contributed by atoms with Crippen molar-refractivity contribution in [2.24, 2.45) is 0 Å². The molecule has 1 heterocycles. The van der Waals surface area contributed by atoms with Crippen molar-refractivity contribution in [3.8, 4) is 0 Å². The second-order valence-corrected chi connectivity index (χ2v) is 4.75. The molecule has 2 nitrogen and oxygen atoms in total. The van der Waals surface area contributed by atoms with Crippen molar-refractivity contribution in [2.75, 3.05) is 6.54 Å². The zero-order valence-electron chi connectivity index (χ0n) is 10.2. The Balaban J connectivity index is 1.60. The molecule has 0 spiro atoms. The van der Waals surface area contributed by atoms with E-state index in [1.807, 2.05) is 12.1 Å². The smallest absolute Gasteiger partial charge is 0.134 e. The molecular weight excluding hydrogens is 229 g/mol. The molecule has 0 aliphatic heterocycles. The summed E-state index contributed by atoms with van der Waals surface area (Å²) in [4.78, 5) is 0. The zero-order chi connectivity index (χ0) is 12.4. The third-order valence-electron chi connectivity index (χ3n) is 3.10. The minimum absolute atomic E-state index is 0.229. The van der Waals surface area contributed by atoms with Gasteiger partial charge in [-0.3, -0.25) is 0 Å². The number of halogens is 1. The summed E-state index contributed by atoms with van der Waals surface area (Å²) in [5.74, 6) is 0.550. The molecule has 0 amide bonds. The Hall–Kier alpha value is -1.61. The Morgan fingerprint density at radius 1 is 1.33 bits per heavy atom. The second-order valence-electron chi connectivity index (χ2n) is 4.75. The molecule has 1 aromatic heterocycles. The first kappa shape index (κ1) is 11.5. The van der Waals surface area contributed by atoms with Crippen LogP contribution in [0.15, 0.2) is 34.8 Å². The third-order valence-corrected chi connectivity index (χ3v) is 3.10. The van der Waals surface area contributed by atoms with Crippen molar-refractivity contribution < 1.29 is 8.81 Å². The molecule has 18 heavy (non-hydrogen) atoms. The largest absolute Gasteiger partial charge is 0.457 e. The van der Waals surface area contributed by atoms with Crippen LogP contribution in [0.4, 0.5) is 4.39 Å². The summed E-state index contributed by atoms with van der Waals surface area (Å²) in [5.41, 5.74) is 0.729. The average molecular weight is 245 g/mol. The highest BCUT2D eigenvalue weighted by molar-refractivity contribution is 5.79. The molecule has 2 aromatic rings. The number of fused-ring (bicyclic) bond motifs is 1. The molecule has 0 saturated heterocycles. The fraction of sp³-hybridized carbons (Fsp3) is 0.333. The molecular formula is C15H16FNO. The molecule has 3 heteroatoms. The van der Waals surface area contributed by atoms with Gasteiger partial charge in [0.1, 0.15) is 17.2 Å². The highest BCUT2D eigenvalue weighted by Gasteiger charge is 2.19. The molecule has 0 bridgehead atoms. The van der Waals surface area contributed by atoms with E-state index < -0.39 is 0 Å². The molecule has 1 aromatic carbocycles. The maximum absolute atomic E-state index is 13.0. The molecule has 1 N–H and O–H groups in total. The Kier molecular flexibility index (Phi) is 3.15. The first-order valence-electron chi connectivity index (χ1n) is 6.40. The van der Waals surface area contributed by atoms with Gasteiger partial charge in [0.15, 0.2) is 0 Å². The fourth-order valence-electron chi connectivity index (χ4n) is 1.97. The van der Waals surface area contributed by atoms with Crippen LogP contribution < -0.4 is 5.32 Å². The van der Waals surface area contributed by atoms with Crippen molar-refractivity contribution in [1.29, 1.82) is 0 Å². The van der Waals surface area contributed by atoms with E-state index in [1.165, 1.54) is 25.0 Å². The molecule has 1 aliphatic rings. The van der Waals surface area contributed by atoms with E-state index in [4.69, 9.17) is 4.42 Å². The molecule has 0 unspecified atom stereocenters. The van der Waals surface area contributed by atoms with Gasteiger partial charge in [-0.15, -0.1) is 0 Å². The Morgan fingerprint density at radius 2 is 2.22 bits per heavy atom. The maximum Gasteiger partial charge on any atom is 0.134 e. The topological polar surface area (TPSA) is 25.2 Å². The molecule has 3 rings (SSSR count). The van der Waals surface area contributed by atoms with Crippen molar-refractivity contribution in [1.82, 2.24) is 5.32 Å². The standard InChI is InChI=1S/C15H16FNO/c16-12-4-7-15-11(9-12)10-14(18-15)3-1-2-8-17-13-5-6-13/h1,3-4,7,9-10,13,17H,2,5-6,8H2/b3-1+. The summed E-state index contributed by atoms with van der Waals surface area (Å²) in [7, 11) is 0. The van der Waals surface area contributed by atoms with Crippen LogP contribution in [0.3, 0.4) is 0 Å². The lowest BCUT2D eigenvalue weighted by molar-refractivity contribution is 0.600. The normalized spacial score (nSPS) is 15.8. The van der Waals surface area contributed by atoms with E-state index in [1.54, 1.807) is 6.07 Å². The fourth-order valence-corrected chi connectivity index (χ4v) is 1.97. The molecule has 0 radical (unpaired) electrons. The van der Waals surface area contributed by atoms with Gasteiger partial charge in [0.05, 0.1) is 0 Å². The molecule has 1 saturated carbocycles. The lowest BCUT2D eigenvalue weighted by Gasteiger charge is -1.96. The molecule has 1 fully saturated rings. The van der Waals surface area contributed by atoms with E-state index >= 15 is 0 Å². The van der Waals surface area contributed by atoms with Gasteiger partial charge in [-0.05, 0) is 56.1 Å². The van der Waals surface area contributed by atoms with Crippen LogP contribution in [-0.4, -0.2) is 12.6 Å². The number of furan rings is 1. The van der Waals surface area contributed by atoms with Crippen LogP contribution in [0, 0.1) is 5.82 Å². The predicted molar refractivity (Wildman–Crippen MR) is 70.8 cm³/mol. The van der Waals surface area contributed by atoms with Crippen molar-refractivity contribution >= 4 is 17.0 Å². The maximum atomic E-state index is 13.0. The van der Waals surface area contributed by atoms with E-state index in [0.717, 1.165) is 35.7 Å². The van der Waals surface area contributed by atoms with Crippen molar-refractivity contribution in [3.05, 3.63) is 41.9 Å². The summed E-state index contributed by atoms with van der Waals surface area (Å²) in [6, 6.07) is 7.19. The van der Waals surface area contributed by atoms with Crippen LogP contribution >= 0.6 is 0 Å². The van der Waals surface area contributed by atoms with Gasteiger partial charge in [-0.2, -0.15) is 0 Å². The van der Waals surface area contributed by atoms with Gasteiger partial charge in [-0.1, -0.05) is 6.08 Å². The van der Waals surface area contributed by atoms with Crippen LogP contribution in [-0.2, 0) is 0 Å². The van der Waals surface area contributed by atoms with Crippen molar-refractivity contribution in [3.63, 3.8) is 0 Å². The number of hydrogen-bond acceptors (Lipinski definition) is 2. The Morgan fingerprint density at radius 3 is 3.06 bits per heavy atom. The minimum atomic E-state index is -0.229. The zero-order valence-corrected chi connectivity index (χ0v) is 10.2. The van der Waals surface area contributed by atoms with Gasteiger partial charge < -0.3 is 9.73 Å². The first-order chi connectivity index (χ1) is 8.81. The second kappa shape index (κ2) is 4.94. The Labute approximate surface area is 105 Å². The van der Waals surface area contributed by atoms with Gasteiger partial charge in [0.2, 0.25) is 0 Å². The van der Waals surface area contributed by atoms with Crippen LogP contribution in [0.2, 0.25) is 0 Å². The van der Waals surface area contributed by atoms with E-state index in [9.17, 15) is 4.39 Å². The molecule has 0 atom stereocenters.